The van der Waals surface area contributed by atoms with E-state index in [4.69, 9.17) is 6.42 Å². The van der Waals surface area contributed by atoms with Gasteiger partial charge in [-0.2, -0.15) is 0 Å². The Morgan fingerprint density at radius 1 is 1.48 bits per heavy atom. The van der Waals surface area contributed by atoms with Gasteiger partial charge in [-0.25, -0.2) is 9.79 Å². The van der Waals surface area contributed by atoms with Crippen molar-refractivity contribution in [2.24, 2.45) is 15.9 Å². The predicted octanol–water partition coefficient (Wildman–Crippen LogP) is 0.844. The minimum absolute atomic E-state index is 0.0573. The molecule has 2 aliphatic rings. The van der Waals surface area contributed by atoms with Crippen molar-refractivity contribution in [1.82, 2.24) is 10.2 Å². The molecular weight excluding hydrogens is 296 g/mol. The zero-order valence-electron chi connectivity index (χ0n) is 13.7. The Morgan fingerprint density at radius 3 is 2.78 bits per heavy atom. The molecule has 0 radical (unpaired) electrons. The van der Waals surface area contributed by atoms with Crippen LogP contribution in [0.5, 0.6) is 0 Å². The number of methoxy groups -OCH3 is 1. The molecule has 0 spiro atoms. The summed E-state index contributed by atoms with van der Waals surface area (Å²) in [6, 6.07) is -0.810. The van der Waals surface area contributed by atoms with Crippen LogP contribution in [0.1, 0.15) is 26.7 Å². The topological polar surface area (TPSA) is 83.4 Å². The number of ether oxygens (including phenoxy) is 1. The molecule has 2 rings (SSSR count). The number of hydrogen-bond acceptors (Lipinski definition) is 5. The van der Waals surface area contributed by atoms with Gasteiger partial charge in [0.25, 0.3) is 0 Å². The Bertz CT molecular complexity index is 589. The van der Waals surface area contributed by atoms with E-state index >= 15 is 0 Å². The number of nitrogens with one attached hydrogen (secondary N) is 1. The first-order chi connectivity index (χ1) is 11.0. The number of terminal acetylenes is 1. The Balaban J connectivity index is 2.15. The highest BCUT2D eigenvalue weighted by Gasteiger charge is 2.38. The van der Waals surface area contributed by atoms with Crippen LogP contribution in [0.4, 0.5) is 4.79 Å². The van der Waals surface area contributed by atoms with E-state index in [1.54, 1.807) is 4.90 Å². The highest BCUT2D eigenvalue weighted by atomic mass is 16.5. The van der Waals surface area contributed by atoms with Gasteiger partial charge in [-0.15, -0.1) is 6.42 Å². The highest BCUT2D eigenvalue weighted by Crippen LogP contribution is 2.23. The van der Waals surface area contributed by atoms with Gasteiger partial charge in [-0.05, 0) is 18.8 Å². The molecule has 7 heteroatoms. The summed E-state index contributed by atoms with van der Waals surface area (Å²) in [6.07, 6.45) is 6.41. The normalized spacial score (nSPS) is 21.5. The van der Waals surface area contributed by atoms with E-state index in [0.717, 1.165) is 12.8 Å². The number of nitrogens with zero attached hydrogens (tertiary/aromatic N) is 3. The Kier molecular flexibility index (Phi) is 5.37. The summed E-state index contributed by atoms with van der Waals surface area (Å²) in [7, 11) is 1.28. The number of carbonyl (C=O) groups excluding carboxylic acids is 2. The van der Waals surface area contributed by atoms with Gasteiger partial charge < -0.3 is 15.0 Å². The number of likely N-dealkylation sites (tertiary alicyclic amines) is 1. The monoisotopic (exact) mass is 318 g/mol. The van der Waals surface area contributed by atoms with Crippen LogP contribution < -0.4 is 5.32 Å². The van der Waals surface area contributed by atoms with E-state index in [0.29, 0.717) is 24.6 Å². The molecule has 1 fully saturated rings. The molecule has 0 saturated carbocycles. The molecule has 23 heavy (non-hydrogen) atoms. The van der Waals surface area contributed by atoms with Crippen LogP contribution in [0.2, 0.25) is 0 Å². The molecule has 7 nitrogen and oxygen atoms in total. The largest absolute Gasteiger partial charge is 0.453 e. The molecule has 2 amide bonds. The molecule has 2 aliphatic heterocycles. The lowest BCUT2D eigenvalue weighted by Gasteiger charge is -2.30. The van der Waals surface area contributed by atoms with Crippen LogP contribution in [0.15, 0.2) is 9.98 Å². The third kappa shape index (κ3) is 3.70. The first-order valence-electron chi connectivity index (χ1n) is 7.71. The number of rotatable bonds is 4. The molecule has 0 bridgehead atoms. The van der Waals surface area contributed by atoms with Crippen molar-refractivity contribution >= 4 is 23.5 Å². The van der Waals surface area contributed by atoms with Crippen molar-refractivity contribution in [2.45, 2.75) is 38.8 Å². The molecule has 0 aliphatic carbocycles. The van der Waals surface area contributed by atoms with Crippen molar-refractivity contribution in [1.29, 1.82) is 0 Å². The third-order valence-corrected chi connectivity index (χ3v) is 4.03. The number of carbonyl (C=O) groups is 2. The quantitative estimate of drug-likeness (QED) is 0.780. The second kappa shape index (κ2) is 7.27. The SMILES string of the molecule is C#CC1=NC(C2CCCN2C(=O)C(NC(=O)OC)C(C)C)=NC1. The van der Waals surface area contributed by atoms with E-state index in [9.17, 15) is 9.59 Å². The van der Waals surface area contributed by atoms with Crippen molar-refractivity contribution in [3.05, 3.63) is 0 Å². The van der Waals surface area contributed by atoms with Crippen LogP contribution in [0.3, 0.4) is 0 Å². The number of amidine groups is 1. The number of aliphatic imine (C=N–C) groups is 2. The smallest absolute Gasteiger partial charge is 0.407 e. The molecule has 0 aromatic carbocycles. The molecule has 2 unspecified atom stereocenters. The molecule has 124 valence electrons. The van der Waals surface area contributed by atoms with Gasteiger partial charge >= 0.3 is 6.09 Å². The van der Waals surface area contributed by atoms with Gasteiger partial charge in [0.2, 0.25) is 5.91 Å². The lowest BCUT2D eigenvalue weighted by atomic mass is 10.0. The van der Waals surface area contributed by atoms with Gasteiger partial charge in [0.05, 0.1) is 19.7 Å². The Hall–Kier alpha value is -2.36. The number of amides is 2. The van der Waals surface area contributed by atoms with Gasteiger partial charge in [-0.1, -0.05) is 19.8 Å². The predicted molar refractivity (Wildman–Crippen MR) is 87.5 cm³/mol. The first-order valence-corrected chi connectivity index (χ1v) is 7.71. The summed E-state index contributed by atoms with van der Waals surface area (Å²) in [4.78, 5) is 34.8. The average molecular weight is 318 g/mol. The summed E-state index contributed by atoms with van der Waals surface area (Å²) in [5.41, 5.74) is 0.590. The maximum atomic E-state index is 12.9. The average Bonchev–Trinajstić information content (AvgIpc) is 3.19. The van der Waals surface area contributed by atoms with Crippen LogP contribution in [-0.2, 0) is 9.53 Å². The van der Waals surface area contributed by atoms with Crippen LogP contribution in [0, 0.1) is 18.3 Å². The van der Waals surface area contributed by atoms with Crippen LogP contribution in [0.25, 0.3) is 0 Å². The Labute approximate surface area is 136 Å². The van der Waals surface area contributed by atoms with Gasteiger partial charge in [0.15, 0.2) is 0 Å². The fourth-order valence-electron chi connectivity index (χ4n) is 2.80. The summed E-state index contributed by atoms with van der Waals surface area (Å²) in [5, 5.41) is 2.61. The zero-order chi connectivity index (χ0) is 17.0. The molecule has 2 atom stereocenters. The van der Waals surface area contributed by atoms with Crippen molar-refractivity contribution < 1.29 is 14.3 Å². The summed E-state index contributed by atoms with van der Waals surface area (Å²) >= 11 is 0. The lowest BCUT2D eigenvalue weighted by Crippen LogP contribution is -2.53. The molecule has 2 heterocycles. The van der Waals surface area contributed by atoms with Gasteiger partial charge in [0.1, 0.15) is 17.6 Å². The van der Waals surface area contributed by atoms with E-state index in [2.05, 4.69) is 26.0 Å². The minimum Gasteiger partial charge on any atom is -0.453 e. The first kappa shape index (κ1) is 17.0. The highest BCUT2D eigenvalue weighted by molar-refractivity contribution is 6.14. The third-order valence-electron chi connectivity index (χ3n) is 4.03. The minimum atomic E-state index is -0.638. The molecule has 0 aromatic heterocycles. The summed E-state index contributed by atoms with van der Waals surface area (Å²) in [5.74, 6) is 2.91. The van der Waals surface area contributed by atoms with Gasteiger partial charge in [0, 0.05) is 6.54 Å². The molecule has 1 saturated heterocycles. The number of alkyl carbamates (subject to hydrolysis) is 1. The lowest BCUT2D eigenvalue weighted by molar-refractivity contribution is -0.134. The van der Waals surface area contributed by atoms with Crippen molar-refractivity contribution in [3.63, 3.8) is 0 Å². The van der Waals surface area contributed by atoms with Gasteiger partial charge in [-0.3, -0.25) is 9.79 Å². The second-order valence-corrected chi connectivity index (χ2v) is 5.92. The summed E-state index contributed by atoms with van der Waals surface area (Å²) < 4.78 is 4.61. The maximum absolute atomic E-state index is 12.9. The molecule has 0 aromatic rings. The molecular formula is C16H22N4O3. The fraction of sp³-hybridized carbons (Fsp3) is 0.625. The second-order valence-electron chi connectivity index (χ2n) is 5.92. The number of hydrogen-bond donors (Lipinski definition) is 1. The van der Waals surface area contributed by atoms with Crippen LogP contribution >= 0.6 is 0 Å². The standard InChI is InChI=1S/C16H22N4O3/c1-5-11-9-17-14(18-11)12-7-6-8-20(12)15(21)13(10(2)3)19-16(22)23-4/h1,10,12-13H,6-9H2,2-4H3,(H,19,22). The van der Waals surface area contributed by atoms with E-state index in [-0.39, 0.29) is 17.9 Å². The summed E-state index contributed by atoms with van der Waals surface area (Å²) in [6.45, 7) is 4.78. The maximum Gasteiger partial charge on any atom is 0.407 e. The van der Waals surface area contributed by atoms with Crippen molar-refractivity contribution in [3.8, 4) is 12.3 Å². The van der Waals surface area contributed by atoms with E-state index < -0.39 is 12.1 Å². The zero-order valence-corrected chi connectivity index (χ0v) is 13.7. The Morgan fingerprint density at radius 2 is 2.22 bits per heavy atom. The van der Waals surface area contributed by atoms with Crippen molar-refractivity contribution in [2.75, 3.05) is 20.2 Å². The van der Waals surface area contributed by atoms with E-state index in [1.807, 2.05) is 13.8 Å². The molecule has 1 N–H and O–H groups in total. The fourth-order valence-corrected chi connectivity index (χ4v) is 2.80. The van der Waals surface area contributed by atoms with E-state index in [1.165, 1.54) is 7.11 Å². The van der Waals surface area contributed by atoms with Crippen LogP contribution in [-0.4, -0.2) is 60.7 Å².